The van der Waals surface area contributed by atoms with E-state index in [1.807, 2.05) is 12.1 Å². The third kappa shape index (κ3) is 4.33. The van der Waals surface area contributed by atoms with Crippen molar-refractivity contribution in [3.8, 4) is 0 Å². The molecule has 0 radical (unpaired) electrons. The van der Waals surface area contributed by atoms with Crippen molar-refractivity contribution in [3.05, 3.63) is 24.3 Å². The molecule has 0 amide bonds. The fourth-order valence-electron chi connectivity index (χ4n) is 2.00. The molecule has 0 aliphatic heterocycles. The maximum Gasteiger partial charge on any atom is 0.177 e. The van der Waals surface area contributed by atoms with Gasteiger partial charge in [-0.05, 0) is 31.4 Å². The van der Waals surface area contributed by atoms with Crippen LogP contribution in [0.5, 0.6) is 0 Å². The van der Waals surface area contributed by atoms with Gasteiger partial charge in [0.25, 0.3) is 0 Å². The van der Waals surface area contributed by atoms with Gasteiger partial charge in [0.15, 0.2) is 9.84 Å². The molecule has 0 aliphatic carbocycles. The fraction of sp³-hybridized carbons (Fsp3) is 0.571. The lowest BCUT2D eigenvalue weighted by Crippen LogP contribution is -2.19. The molecule has 0 saturated heterocycles. The lowest BCUT2D eigenvalue weighted by Gasteiger charge is -2.20. The summed E-state index contributed by atoms with van der Waals surface area (Å²) in [6, 6.07) is 7.34. The second-order valence-corrected chi connectivity index (χ2v) is 7.05. The normalized spacial score (nSPS) is 15.1. The number of para-hydroxylation sites is 1. The van der Waals surface area contributed by atoms with Crippen LogP contribution in [0.25, 0.3) is 0 Å². The standard InChI is InChI=1S/C14H23NO2S/c1-5-11(2)10-12(3)15-13-8-6-7-9-14(13)18(4,16)17/h6-9,11-12,15H,5,10H2,1-4H3. The number of benzene rings is 1. The van der Waals surface area contributed by atoms with Crippen LogP contribution in [-0.4, -0.2) is 20.7 Å². The fourth-order valence-corrected chi connectivity index (χ4v) is 2.86. The number of anilines is 1. The lowest BCUT2D eigenvalue weighted by atomic mass is 10.0. The summed E-state index contributed by atoms with van der Waals surface area (Å²) in [6.45, 7) is 6.47. The van der Waals surface area contributed by atoms with Crippen LogP contribution >= 0.6 is 0 Å². The average Bonchev–Trinajstić information content (AvgIpc) is 2.27. The van der Waals surface area contributed by atoms with Gasteiger partial charge in [-0.25, -0.2) is 8.42 Å². The van der Waals surface area contributed by atoms with E-state index in [2.05, 4.69) is 26.1 Å². The summed E-state index contributed by atoms with van der Waals surface area (Å²) in [4.78, 5) is 0.376. The van der Waals surface area contributed by atoms with Crippen LogP contribution < -0.4 is 5.32 Å². The van der Waals surface area contributed by atoms with E-state index < -0.39 is 9.84 Å². The van der Waals surface area contributed by atoms with E-state index >= 15 is 0 Å². The zero-order chi connectivity index (χ0) is 13.8. The topological polar surface area (TPSA) is 46.2 Å². The molecule has 4 heteroatoms. The summed E-state index contributed by atoms with van der Waals surface area (Å²) >= 11 is 0. The van der Waals surface area contributed by atoms with Crippen molar-refractivity contribution in [3.63, 3.8) is 0 Å². The molecular weight excluding hydrogens is 246 g/mol. The Kier molecular flexibility index (Phi) is 5.20. The van der Waals surface area contributed by atoms with Crippen molar-refractivity contribution in [2.45, 2.75) is 44.6 Å². The van der Waals surface area contributed by atoms with Gasteiger partial charge in [-0.2, -0.15) is 0 Å². The molecular formula is C14H23NO2S. The summed E-state index contributed by atoms with van der Waals surface area (Å²) < 4.78 is 23.3. The molecule has 2 atom stereocenters. The SMILES string of the molecule is CCC(C)CC(C)Nc1ccccc1S(C)(=O)=O. The molecule has 18 heavy (non-hydrogen) atoms. The number of hydrogen-bond donors (Lipinski definition) is 1. The summed E-state index contributed by atoms with van der Waals surface area (Å²) in [5.74, 6) is 0.637. The largest absolute Gasteiger partial charge is 0.382 e. The zero-order valence-corrected chi connectivity index (χ0v) is 12.4. The third-order valence-electron chi connectivity index (χ3n) is 3.14. The lowest BCUT2D eigenvalue weighted by molar-refractivity contribution is 0.483. The molecule has 1 rings (SSSR count). The van der Waals surface area contributed by atoms with E-state index in [0.29, 0.717) is 16.5 Å². The number of sulfone groups is 1. The molecule has 1 aromatic rings. The summed E-state index contributed by atoms with van der Waals surface area (Å²) in [7, 11) is -3.18. The Morgan fingerprint density at radius 3 is 2.39 bits per heavy atom. The van der Waals surface area contributed by atoms with Gasteiger partial charge in [0, 0.05) is 12.3 Å². The van der Waals surface area contributed by atoms with Gasteiger partial charge in [-0.3, -0.25) is 0 Å². The van der Waals surface area contributed by atoms with Crippen molar-refractivity contribution in [1.82, 2.24) is 0 Å². The average molecular weight is 269 g/mol. The number of rotatable bonds is 6. The minimum atomic E-state index is -3.18. The first kappa shape index (κ1) is 15.0. The number of hydrogen-bond acceptors (Lipinski definition) is 3. The van der Waals surface area contributed by atoms with Gasteiger partial charge in [-0.1, -0.05) is 32.4 Å². The first-order chi connectivity index (χ1) is 8.34. The molecule has 0 fully saturated rings. The minimum Gasteiger partial charge on any atom is -0.382 e. The molecule has 3 nitrogen and oxygen atoms in total. The highest BCUT2D eigenvalue weighted by molar-refractivity contribution is 7.90. The zero-order valence-electron chi connectivity index (χ0n) is 11.6. The van der Waals surface area contributed by atoms with Crippen LogP contribution in [0, 0.1) is 5.92 Å². The molecule has 102 valence electrons. The molecule has 2 unspecified atom stereocenters. The Morgan fingerprint density at radius 2 is 1.83 bits per heavy atom. The first-order valence-electron chi connectivity index (χ1n) is 6.40. The van der Waals surface area contributed by atoms with Crippen LogP contribution in [0.1, 0.15) is 33.6 Å². The molecule has 0 bridgehead atoms. The number of nitrogens with one attached hydrogen (secondary N) is 1. The van der Waals surface area contributed by atoms with Crippen LogP contribution in [0.4, 0.5) is 5.69 Å². The Balaban J connectivity index is 2.85. The van der Waals surface area contributed by atoms with Gasteiger partial charge in [0.1, 0.15) is 0 Å². The van der Waals surface area contributed by atoms with Crippen molar-refractivity contribution >= 4 is 15.5 Å². The summed E-state index contributed by atoms with van der Waals surface area (Å²) in [5.41, 5.74) is 0.704. The van der Waals surface area contributed by atoms with Crippen molar-refractivity contribution in [1.29, 1.82) is 0 Å². The van der Waals surface area contributed by atoms with E-state index in [-0.39, 0.29) is 6.04 Å². The monoisotopic (exact) mass is 269 g/mol. The van der Waals surface area contributed by atoms with E-state index in [1.54, 1.807) is 12.1 Å². The predicted octanol–water partition coefficient (Wildman–Crippen LogP) is 3.33. The first-order valence-corrected chi connectivity index (χ1v) is 8.29. The maximum atomic E-state index is 11.7. The third-order valence-corrected chi connectivity index (χ3v) is 4.30. The Morgan fingerprint density at radius 1 is 1.22 bits per heavy atom. The second-order valence-electron chi connectivity index (χ2n) is 5.06. The maximum absolute atomic E-state index is 11.7. The highest BCUT2D eigenvalue weighted by Crippen LogP contribution is 2.22. The van der Waals surface area contributed by atoms with Crippen LogP contribution in [0.2, 0.25) is 0 Å². The molecule has 0 aliphatic rings. The van der Waals surface area contributed by atoms with Crippen LogP contribution in [0.15, 0.2) is 29.2 Å². The molecule has 0 saturated carbocycles. The van der Waals surface area contributed by atoms with Gasteiger partial charge in [0.2, 0.25) is 0 Å². The highest BCUT2D eigenvalue weighted by Gasteiger charge is 2.14. The van der Waals surface area contributed by atoms with E-state index in [4.69, 9.17) is 0 Å². The summed E-state index contributed by atoms with van der Waals surface area (Å²) in [5, 5.41) is 3.30. The summed E-state index contributed by atoms with van der Waals surface area (Å²) in [6.07, 6.45) is 3.42. The molecule has 0 spiro atoms. The van der Waals surface area contributed by atoms with Gasteiger partial charge in [0.05, 0.1) is 10.6 Å². The van der Waals surface area contributed by atoms with Crippen molar-refractivity contribution < 1.29 is 8.42 Å². The predicted molar refractivity (Wildman–Crippen MR) is 76.7 cm³/mol. The highest BCUT2D eigenvalue weighted by atomic mass is 32.2. The Bertz CT molecular complexity index is 482. The minimum absolute atomic E-state index is 0.267. The van der Waals surface area contributed by atoms with Crippen LogP contribution in [0.3, 0.4) is 0 Å². The molecule has 1 N–H and O–H groups in total. The molecule has 1 aromatic carbocycles. The Labute approximate surface area is 111 Å². The van der Waals surface area contributed by atoms with E-state index in [0.717, 1.165) is 12.8 Å². The Hall–Kier alpha value is -1.03. The smallest absolute Gasteiger partial charge is 0.177 e. The molecule has 0 heterocycles. The van der Waals surface area contributed by atoms with Crippen LogP contribution in [-0.2, 0) is 9.84 Å². The van der Waals surface area contributed by atoms with Crippen molar-refractivity contribution in [2.24, 2.45) is 5.92 Å². The van der Waals surface area contributed by atoms with Crippen molar-refractivity contribution in [2.75, 3.05) is 11.6 Å². The van der Waals surface area contributed by atoms with E-state index in [9.17, 15) is 8.42 Å². The van der Waals surface area contributed by atoms with Gasteiger partial charge in [-0.15, -0.1) is 0 Å². The van der Waals surface area contributed by atoms with E-state index in [1.165, 1.54) is 6.26 Å². The van der Waals surface area contributed by atoms with Gasteiger partial charge >= 0.3 is 0 Å². The second kappa shape index (κ2) is 6.23. The quantitative estimate of drug-likeness (QED) is 0.861. The molecule has 0 aromatic heterocycles. The van der Waals surface area contributed by atoms with Gasteiger partial charge < -0.3 is 5.32 Å².